The zero-order chi connectivity index (χ0) is 10.3. The Balaban J connectivity index is 0.000000424. The average Bonchev–Trinajstić information content (AvgIpc) is 2.06. The fourth-order valence-corrected chi connectivity index (χ4v) is 1.09. The minimum Gasteiger partial charge on any atom is -0.397 e. The second-order valence-corrected chi connectivity index (χ2v) is 3.53. The van der Waals surface area contributed by atoms with Gasteiger partial charge in [-0.25, -0.2) is 0 Å². The number of rotatable bonds is 1. The molecule has 0 amide bonds. The van der Waals surface area contributed by atoms with Gasteiger partial charge in [-0.05, 0) is 19.1 Å². The molecule has 1 aromatic rings. The van der Waals surface area contributed by atoms with Gasteiger partial charge in [0.05, 0.1) is 4.90 Å². The SMILES string of the molecule is CCO.O=S(=O)(O)c1ccccc1. The Morgan fingerprint density at radius 2 is 1.62 bits per heavy atom. The van der Waals surface area contributed by atoms with Crippen LogP contribution in [0.3, 0.4) is 0 Å². The van der Waals surface area contributed by atoms with Crippen LogP contribution in [0, 0.1) is 0 Å². The van der Waals surface area contributed by atoms with Gasteiger partial charge < -0.3 is 5.11 Å². The Hall–Kier alpha value is -0.910. The lowest BCUT2D eigenvalue weighted by atomic mass is 10.4. The molecule has 0 heterocycles. The Labute approximate surface area is 77.6 Å². The molecule has 0 spiro atoms. The summed E-state index contributed by atoms with van der Waals surface area (Å²) in [4.78, 5) is -0.0741. The fourth-order valence-electron chi connectivity index (χ4n) is 0.592. The predicted octanol–water partition coefficient (Wildman–Crippen LogP) is 0.932. The van der Waals surface area contributed by atoms with Crippen molar-refractivity contribution in [1.29, 1.82) is 0 Å². The maximum Gasteiger partial charge on any atom is 0.294 e. The van der Waals surface area contributed by atoms with E-state index in [0.29, 0.717) is 0 Å². The first-order chi connectivity index (χ1) is 6.02. The number of hydrogen-bond donors (Lipinski definition) is 2. The van der Waals surface area contributed by atoms with Crippen LogP contribution >= 0.6 is 0 Å². The van der Waals surface area contributed by atoms with Crippen LogP contribution < -0.4 is 0 Å². The molecule has 1 aromatic carbocycles. The summed E-state index contributed by atoms with van der Waals surface area (Å²) >= 11 is 0. The lowest BCUT2D eigenvalue weighted by Crippen LogP contribution is -1.96. The van der Waals surface area contributed by atoms with Crippen LogP contribution in [0.5, 0.6) is 0 Å². The third-order valence-corrected chi connectivity index (χ3v) is 1.91. The highest BCUT2D eigenvalue weighted by molar-refractivity contribution is 7.85. The quantitative estimate of drug-likeness (QED) is 0.667. The highest BCUT2D eigenvalue weighted by Gasteiger charge is 2.05. The van der Waals surface area contributed by atoms with Gasteiger partial charge in [0.2, 0.25) is 0 Å². The van der Waals surface area contributed by atoms with E-state index in [-0.39, 0.29) is 11.5 Å². The van der Waals surface area contributed by atoms with E-state index in [1.54, 1.807) is 25.1 Å². The molecule has 1 rings (SSSR count). The van der Waals surface area contributed by atoms with Gasteiger partial charge >= 0.3 is 0 Å². The first-order valence-electron chi connectivity index (χ1n) is 3.65. The van der Waals surface area contributed by atoms with Gasteiger partial charge in [0.25, 0.3) is 10.1 Å². The maximum absolute atomic E-state index is 10.4. The summed E-state index contributed by atoms with van der Waals surface area (Å²) in [6.45, 7) is 1.93. The van der Waals surface area contributed by atoms with Crippen molar-refractivity contribution in [2.45, 2.75) is 11.8 Å². The molecule has 0 aliphatic rings. The van der Waals surface area contributed by atoms with E-state index < -0.39 is 10.1 Å². The minimum absolute atomic E-state index is 0.0741. The van der Waals surface area contributed by atoms with Crippen molar-refractivity contribution in [2.24, 2.45) is 0 Å². The number of benzene rings is 1. The summed E-state index contributed by atoms with van der Waals surface area (Å²) in [5.74, 6) is 0. The van der Waals surface area contributed by atoms with Crippen LogP contribution in [0.1, 0.15) is 6.92 Å². The molecule has 13 heavy (non-hydrogen) atoms. The van der Waals surface area contributed by atoms with Gasteiger partial charge in [-0.2, -0.15) is 8.42 Å². The molecule has 0 aliphatic carbocycles. The summed E-state index contributed by atoms with van der Waals surface area (Å²) in [5.41, 5.74) is 0. The number of hydrogen-bond acceptors (Lipinski definition) is 3. The van der Waals surface area contributed by atoms with Crippen molar-refractivity contribution < 1.29 is 18.1 Å². The van der Waals surface area contributed by atoms with Gasteiger partial charge in [-0.3, -0.25) is 4.55 Å². The minimum atomic E-state index is -4.00. The molecule has 74 valence electrons. The molecule has 0 aliphatic heterocycles. The molecular weight excluding hydrogens is 192 g/mol. The van der Waals surface area contributed by atoms with E-state index in [0.717, 1.165) is 0 Å². The van der Waals surface area contributed by atoms with E-state index in [1.165, 1.54) is 12.1 Å². The van der Waals surface area contributed by atoms with Crippen LogP contribution in [-0.2, 0) is 10.1 Å². The van der Waals surface area contributed by atoms with Crippen LogP contribution in [0.25, 0.3) is 0 Å². The molecule has 0 bridgehead atoms. The molecule has 0 saturated carbocycles. The van der Waals surface area contributed by atoms with Crippen molar-refractivity contribution in [3.8, 4) is 0 Å². The van der Waals surface area contributed by atoms with Crippen molar-refractivity contribution in [3.63, 3.8) is 0 Å². The molecular formula is C8H12O4S. The Bertz CT molecular complexity index is 317. The Kier molecular flexibility index (Phi) is 5.29. The second-order valence-electron chi connectivity index (χ2n) is 2.10. The average molecular weight is 204 g/mol. The third-order valence-electron chi connectivity index (χ3n) is 1.04. The molecule has 0 unspecified atom stereocenters. The summed E-state index contributed by atoms with van der Waals surface area (Å²) < 4.78 is 29.2. The third kappa shape index (κ3) is 5.35. The fraction of sp³-hybridized carbons (Fsp3) is 0.250. The van der Waals surface area contributed by atoms with Gasteiger partial charge in [0, 0.05) is 6.61 Å². The molecule has 0 saturated heterocycles. The molecule has 4 nitrogen and oxygen atoms in total. The Morgan fingerprint density at radius 1 is 1.23 bits per heavy atom. The van der Waals surface area contributed by atoms with Crippen LogP contribution in [0.4, 0.5) is 0 Å². The normalized spacial score (nSPS) is 10.1. The standard InChI is InChI=1S/C6H6O3S.C2H6O/c7-10(8,9)6-4-2-1-3-5-6;1-2-3/h1-5H,(H,7,8,9);3H,2H2,1H3. The monoisotopic (exact) mass is 204 g/mol. The largest absolute Gasteiger partial charge is 0.397 e. The van der Waals surface area contributed by atoms with Crippen LogP contribution in [0.2, 0.25) is 0 Å². The second kappa shape index (κ2) is 5.69. The van der Waals surface area contributed by atoms with Gasteiger partial charge in [0.15, 0.2) is 0 Å². The van der Waals surface area contributed by atoms with Gasteiger partial charge in [-0.1, -0.05) is 18.2 Å². The van der Waals surface area contributed by atoms with Gasteiger partial charge in [0.1, 0.15) is 0 Å². The summed E-state index contributed by atoms with van der Waals surface area (Å²) in [6.07, 6.45) is 0. The molecule has 0 atom stereocenters. The van der Waals surface area contributed by atoms with Crippen molar-refractivity contribution >= 4 is 10.1 Å². The van der Waals surface area contributed by atoms with Crippen molar-refractivity contribution in [3.05, 3.63) is 30.3 Å². The predicted molar refractivity (Wildman–Crippen MR) is 49.0 cm³/mol. The van der Waals surface area contributed by atoms with Crippen molar-refractivity contribution in [1.82, 2.24) is 0 Å². The Morgan fingerprint density at radius 3 is 1.85 bits per heavy atom. The zero-order valence-electron chi connectivity index (χ0n) is 7.21. The van der Waals surface area contributed by atoms with E-state index in [4.69, 9.17) is 9.66 Å². The van der Waals surface area contributed by atoms with E-state index in [9.17, 15) is 8.42 Å². The van der Waals surface area contributed by atoms with Crippen LogP contribution in [0.15, 0.2) is 35.2 Å². The molecule has 0 aromatic heterocycles. The highest BCUT2D eigenvalue weighted by Crippen LogP contribution is 2.05. The first-order valence-corrected chi connectivity index (χ1v) is 5.09. The lowest BCUT2D eigenvalue weighted by molar-refractivity contribution is 0.318. The molecule has 2 N–H and O–H groups in total. The molecule has 0 radical (unpaired) electrons. The smallest absolute Gasteiger partial charge is 0.294 e. The zero-order valence-corrected chi connectivity index (χ0v) is 8.03. The van der Waals surface area contributed by atoms with E-state index >= 15 is 0 Å². The van der Waals surface area contributed by atoms with Crippen molar-refractivity contribution in [2.75, 3.05) is 6.61 Å². The first kappa shape index (κ1) is 12.1. The topological polar surface area (TPSA) is 74.6 Å². The highest BCUT2D eigenvalue weighted by atomic mass is 32.2. The van der Waals surface area contributed by atoms with E-state index in [2.05, 4.69) is 0 Å². The molecule has 5 heteroatoms. The van der Waals surface area contributed by atoms with Gasteiger partial charge in [-0.15, -0.1) is 0 Å². The number of aliphatic hydroxyl groups is 1. The summed E-state index contributed by atoms with van der Waals surface area (Å²) in [7, 11) is -4.00. The van der Waals surface area contributed by atoms with Crippen LogP contribution in [-0.4, -0.2) is 24.7 Å². The van der Waals surface area contributed by atoms with E-state index in [1.807, 2.05) is 0 Å². The number of aliphatic hydroxyl groups excluding tert-OH is 1. The maximum atomic E-state index is 10.4. The molecule has 0 fully saturated rings. The summed E-state index contributed by atoms with van der Waals surface area (Å²) in [6, 6.07) is 7.42. The lowest BCUT2D eigenvalue weighted by Gasteiger charge is -1.92. The summed E-state index contributed by atoms with van der Waals surface area (Å²) in [5, 5.41) is 7.57.